The second-order valence-corrected chi connectivity index (χ2v) is 9.26. The first-order valence-corrected chi connectivity index (χ1v) is 11.3. The number of nitrogens with zero attached hydrogens (tertiary/aromatic N) is 1. The summed E-state index contributed by atoms with van der Waals surface area (Å²) in [6.45, 7) is 1.04. The SMILES string of the molecule is O=C1CC2(CCCC2)CC(=O)N1CCSc1ccc(OCc2ccccc2)cc1. The molecule has 1 aliphatic carbocycles. The van der Waals surface area contributed by atoms with E-state index < -0.39 is 0 Å². The molecule has 4 nitrogen and oxygen atoms in total. The molecular weight excluding hydrogens is 382 g/mol. The Bertz CT molecular complexity index is 824. The Hall–Kier alpha value is -2.27. The second kappa shape index (κ2) is 9.04. The summed E-state index contributed by atoms with van der Waals surface area (Å²) < 4.78 is 5.81. The molecule has 1 spiro atoms. The molecule has 5 heteroatoms. The van der Waals surface area contributed by atoms with Crippen LogP contribution in [0.1, 0.15) is 44.1 Å². The molecule has 29 heavy (non-hydrogen) atoms. The molecule has 2 aliphatic rings. The summed E-state index contributed by atoms with van der Waals surface area (Å²) >= 11 is 1.66. The van der Waals surface area contributed by atoms with Gasteiger partial charge in [0.05, 0.1) is 0 Å². The average molecular weight is 410 g/mol. The number of hydrogen-bond acceptors (Lipinski definition) is 4. The number of thioether (sulfide) groups is 1. The van der Waals surface area contributed by atoms with Gasteiger partial charge in [0.1, 0.15) is 12.4 Å². The molecule has 2 fully saturated rings. The molecule has 0 atom stereocenters. The quantitative estimate of drug-likeness (QED) is 0.473. The molecule has 0 N–H and O–H groups in total. The van der Waals surface area contributed by atoms with Gasteiger partial charge >= 0.3 is 0 Å². The molecule has 1 aliphatic heterocycles. The maximum atomic E-state index is 12.5. The molecule has 2 aromatic rings. The highest BCUT2D eigenvalue weighted by atomic mass is 32.2. The van der Waals surface area contributed by atoms with Crippen molar-refractivity contribution in [2.75, 3.05) is 12.3 Å². The molecule has 0 bridgehead atoms. The lowest BCUT2D eigenvalue weighted by Crippen LogP contribution is -2.47. The third kappa shape index (κ3) is 5.02. The van der Waals surface area contributed by atoms with E-state index in [1.807, 2.05) is 54.6 Å². The summed E-state index contributed by atoms with van der Waals surface area (Å²) in [7, 11) is 0. The van der Waals surface area contributed by atoms with Crippen LogP contribution >= 0.6 is 11.8 Å². The van der Waals surface area contributed by atoms with Crippen molar-refractivity contribution in [2.45, 2.75) is 50.0 Å². The zero-order chi connectivity index (χ0) is 20.1. The van der Waals surface area contributed by atoms with Crippen LogP contribution in [0.2, 0.25) is 0 Å². The monoisotopic (exact) mass is 409 g/mol. The summed E-state index contributed by atoms with van der Waals surface area (Å²) in [5.41, 5.74) is 1.12. The number of benzene rings is 2. The molecule has 1 saturated heterocycles. The summed E-state index contributed by atoms with van der Waals surface area (Å²) in [6, 6.07) is 18.1. The number of hydrogen-bond donors (Lipinski definition) is 0. The summed E-state index contributed by atoms with van der Waals surface area (Å²) in [5.74, 6) is 1.59. The second-order valence-electron chi connectivity index (χ2n) is 8.09. The van der Waals surface area contributed by atoms with Gasteiger partial charge in [-0.2, -0.15) is 0 Å². The molecule has 152 valence electrons. The van der Waals surface area contributed by atoms with E-state index in [0.717, 1.165) is 41.9 Å². The first-order chi connectivity index (χ1) is 14.1. The van der Waals surface area contributed by atoms with E-state index in [-0.39, 0.29) is 17.2 Å². The lowest BCUT2D eigenvalue weighted by molar-refractivity contribution is -0.152. The van der Waals surface area contributed by atoms with E-state index in [2.05, 4.69) is 0 Å². The van der Waals surface area contributed by atoms with Gasteiger partial charge in [-0.3, -0.25) is 14.5 Å². The van der Waals surface area contributed by atoms with E-state index in [1.165, 1.54) is 4.90 Å². The Kier molecular flexibility index (Phi) is 6.24. The van der Waals surface area contributed by atoms with Gasteiger partial charge in [0.15, 0.2) is 0 Å². The van der Waals surface area contributed by atoms with Crippen LogP contribution < -0.4 is 4.74 Å². The Morgan fingerprint density at radius 2 is 1.55 bits per heavy atom. The predicted molar refractivity (Wildman–Crippen MR) is 115 cm³/mol. The summed E-state index contributed by atoms with van der Waals surface area (Å²) in [6.07, 6.45) is 5.48. The maximum absolute atomic E-state index is 12.5. The van der Waals surface area contributed by atoms with E-state index in [1.54, 1.807) is 11.8 Å². The van der Waals surface area contributed by atoms with Gasteiger partial charge < -0.3 is 4.74 Å². The molecule has 1 heterocycles. The maximum Gasteiger partial charge on any atom is 0.229 e. The van der Waals surface area contributed by atoms with E-state index >= 15 is 0 Å². The number of ether oxygens (including phenoxy) is 1. The predicted octanol–water partition coefficient (Wildman–Crippen LogP) is 5.07. The van der Waals surface area contributed by atoms with Crippen LogP contribution in [0.25, 0.3) is 0 Å². The van der Waals surface area contributed by atoms with Crippen molar-refractivity contribution >= 4 is 23.6 Å². The summed E-state index contributed by atoms with van der Waals surface area (Å²) in [5, 5.41) is 0. The Labute approximate surface area is 176 Å². The van der Waals surface area contributed by atoms with Gasteiger partial charge in [-0.25, -0.2) is 0 Å². The average Bonchev–Trinajstić information content (AvgIpc) is 3.17. The first-order valence-electron chi connectivity index (χ1n) is 10.4. The lowest BCUT2D eigenvalue weighted by Gasteiger charge is -2.37. The van der Waals surface area contributed by atoms with Crippen molar-refractivity contribution in [2.24, 2.45) is 5.41 Å². The van der Waals surface area contributed by atoms with Crippen LogP contribution in [0.5, 0.6) is 5.75 Å². The highest BCUT2D eigenvalue weighted by Crippen LogP contribution is 2.46. The van der Waals surface area contributed by atoms with Crippen LogP contribution in [0.15, 0.2) is 59.5 Å². The number of carbonyl (C=O) groups excluding carboxylic acids is 2. The number of carbonyl (C=O) groups is 2. The van der Waals surface area contributed by atoms with E-state index in [4.69, 9.17) is 4.74 Å². The minimum Gasteiger partial charge on any atom is -0.489 e. The van der Waals surface area contributed by atoms with E-state index in [0.29, 0.717) is 31.7 Å². The molecule has 4 rings (SSSR count). The number of imide groups is 1. The topological polar surface area (TPSA) is 46.6 Å². The number of rotatable bonds is 7. The van der Waals surface area contributed by atoms with Crippen LogP contribution in [0.4, 0.5) is 0 Å². The largest absolute Gasteiger partial charge is 0.489 e. The van der Waals surface area contributed by atoms with Crippen molar-refractivity contribution in [3.05, 3.63) is 60.2 Å². The lowest BCUT2D eigenvalue weighted by atomic mass is 9.76. The first kappa shape index (κ1) is 20.0. The Morgan fingerprint density at radius 3 is 2.21 bits per heavy atom. The third-order valence-electron chi connectivity index (χ3n) is 5.97. The van der Waals surface area contributed by atoms with Gasteiger partial charge in [-0.15, -0.1) is 11.8 Å². The van der Waals surface area contributed by atoms with Crippen molar-refractivity contribution in [3.63, 3.8) is 0 Å². The zero-order valence-electron chi connectivity index (χ0n) is 16.6. The van der Waals surface area contributed by atoms with Crippen molar-refractivity contribution in [1.82, 2.24) is 4.90 Å². The van der Waals surface area contributed by atoms with Crippen molar-refractivity contribution in [1.29, 1.82) is 0 Å². The number of likely N-dealkylation sites (tertiary alicyclic amines) is 1. The standard InChI is InChI=1S/C24H27NO3S/c26-22-16-24(12-4-5-13-24)17-23(27)25(22)14-15-29-21-10-8-20(9-11-21)28-18-19-6-2-1-3-7-19/h1-3,6-11H,4-5,12-18H2. The van der Waals surface area contributed by atoms with Gasteiger partial charge in [-0.05, 0) is 48.1 Å². The van der Waals surface area contributed by atoms with Gasteiger partial charge in [-0.1, -0.05) is 43.2 Å². The highest BCUT2D eigenvalue weighted by molar-refractivity contribution is 7.99. The molecule has 2 amide bonds. The fourth-order valence-electron chi connectivity index (χ4n) is 4.39. The van der Waals surface area contributed by atoms with Crippen molar-refractivity contribution in [3.8, 4) is 5.75 Å². The number of amides is 2. The molecular formula is C24H27NO3S. The fraction of sp³-hybridized carbons (Fsp3) is 0.417. The van der Waals surface area contributed by atoms with E-state index in [9.17, 15) is 9.59 Å². The third-order valence-corrected chi connectivity index (χ3v) is 6.97. The highest BCUT2D eigenvalue weighted by Gasteiger charge is 2.44. The minimum absolute atomic E-state index is 0.0204. The number of piperidine rings is 1. The van der Waals surface area contributed by atoms with Crippen LogP contribution in [0.3, 0.4) is 0 Å². The Balaban J connectivity index is 1.23. The van der Waals surface area contributed by atoms with Crippen LogP contribution in [-0.2, 0) is 16.2 Å². The molecule has 0 unspecified atom stereocenters. The van der Waals surface area contributed by atoms with Gasteiger partial charge in [0.25, 0.3) is 0 Å². The van der Waals surface area contributed by atoms with Crippen molar-refractivity contribution < 1.29 is 14.3 Å². The van der Waals surface area contributed by atoms with Gasteiger partial charge in [0.2, 0.25) is 11.8 Å². The molecule has 1 saturated carbocycles. The zero-order valence-corrected chi connectivity index (χ0v) is 17.5. The van der Waals surface area contributed by atoms with Gasteiger partial charge in [0, 0.05) is 30.0 Å². The fourth-order valence-corrected chi connectivity index (χ4v) is 5.23. The molecule has 0 radical (unpaired) electrons. The Morgan fingerprint density at radius 1 is 0.897 bits per heavy atom. The summed E-state index contributed by atoms with van der Waals surface area (Å²) in [4.78, 5) is 27.6. The van der Waals surface area contributed by atoms with Crippen LogP contribution in [0, 0.1) is 5.41 Å². The smallest absolute Gasteiger partial charge is 0.229 e. The normalized spacial score (nSPS) is 18.4. The molecule has 0 aromatic heterocycles. The minimum atomic E-state index is -0.0204. The molecule has 2 aromatic carbocycles. The van der Waals surface area contributed by atoms with Crippen LogP contribution in [-0.4, -0.2) is 29.0 Å².